The summed E-state index contributed by atoms with van der Waals surface area (Å²) in [6.45, 7) is 3.33. The summed E-state index contributed by atoms with van der Waals surface area (Å²) in [5.41, 5.74) is 6.89. The first-order valence-corrected chi connectivity index (χ1v) is 5.71. The predicted molar refractivity (Wildman–Crippen MR) is 66.8 cm³/mol. The van der Waals surface area contributed by atoms with Gasteiger partial charge in [-0.15, -0.1) is 0 Å². The van der Waals surface area contributed by atoms with Gasteiger partial charge in [-0.25, -0.2) is 0 Å². The van der Waals surface area contributed by atoms with E-state index in [1.165, 1.54) is 0 Å². The maximum atomic E-state index is 5.78. The highest BCUT2D eigenvalue weighted by Gasteiger charge is 1.99. The van der Waals surface area contributed by atoms with Crippen molar-refractivity contribution in [1.29, 1.82) is 0 Å². The summed E-state index contributed by atoms with van der Waals surface area (Å²) in [5, 5.41) is 4.10. The van der Waals surface area contributed by atoms with Crippen molar-refractivity contribution in [3.8, 4) is 5.75 Å². The fraction of sp³-hybridized carbons (Fsp3) is 0.308. The maximum Gasteiger partial charge on any atom is 0.119 e. The first-order chi connectivity index (χ1) is 8.25. The van der Waals surface area contributed by atoms with E-state index in [9.17, 15) is 0 Å². The quantitative estimate of drug-likeness (QED) is 0.856. The number of benzene rings is 1. The molecule has 0 aliphatic carbocycles. The molecule has 4 heteroatoms. The molecule has 1 atom stereocenters. The predicted octanol–water partition coefficient (Wildman–Crippen LogP) is 1.98. The number of rotatable bonds is 5. The average Bonchev–Trinajstić information content (AvgIpc) is 2.83. The van der Waals surface area contributed by atoms with Crippen molar-refractivity contribution in [3.63, 3.8) is 0 Å². The van der Waals surface area contributed by atoms with Crippen LogP contribution in [0.4, 0.5) is 0 Å². The molecule has 2 N–H and O–H groups in total. The van der Waals surface area contributed by atoms with Gasteiger partial charge < -0.3 is 10.5 Å². The molecule has 1 aromatic heterocycles. The van der Waals surface area contributed by atoms with Gasteiger partial charge in [0.2, 0.25) is 0 Å². The van der Waals surface area contributed by atoms with Gasteiger partial charge in [0.05, 0.1) is 6.54 Å². The largest absolute Gasteiger partial charge is 0.492 e. The van der Waals surface area contributed by atoms with Crippen LogP contribution in [0.2, 0.25) is 0 Å². The number of nitrogens with zero attached hydrogens (tertiary/aromatic N) is 2. The lowest BCUT2D eigenvalue weighted by Gasteiger charge is -2.09. The minimum atomic E-state index is 0.0631. The Bertz CT molecular complexity index is 434. The molecule has 90 valence electrons. The highest BCUT2D eigenvalue weighted by molar-refractivity contribution is 5.28. The van der Waals surface area contributed by atoms with E-state index in [-0.39, 0.29) is 6.04 Å². The highest BCUT2D eigenvalue weighted by atomic mass is 16.5. The second-order valence-corrected chi connectivity index (χ2v) is 3.98. The summed E-state index contributed by atoms with van der Waals surface area (Å²) in [6, 6.07) is 9.84. The topological polar surface area (TPSA) is 53.1 Å². The third kappa shape index (κ3) is 3.32. The van der Waals surface area contributed by atoms with Crippen LogP contribution < -0.4 is 10.5 Å². The average molecular weight is 231 g/mol. The summed E-state index contributed by atoms with van der Waals surface area (Å²) >= 11 is 0. The standard InChI is InChI=1S/C13H17N3O/c1-11(14)12-3-5-13(6-4-12)17-10-9-16-8-2-7-15-16/h2-8,11H,9-10,14H2,1H3. The number of aromatic nitrogens is 2. The lowest BCUT2D eigenvalue weighted by molar-refractivity contribution is 0.291. The normalized spacial score (nSPS) is 12.4. The third-order valence-electron chi connectivity index (χ3n) is 2.55. The van der Waals surface area contributed by atoms with E-state index in [2.05, 4.69) is 5.10 Å². The van der Waals surface area contributed by atoms with Crippen LogP contribution >= 0.6 is 0 Å². The van der Waals surface area contributed by atoms with E-state index in [1.807, 2.05) is 48.1 Å². The van der Waals surface area contributed by atoms with Crippen LogP contribution in [0.5, 0.6) is 5.75 Å². The Hall–Kier alpha value is -1.81. The molecule has 0 radical (unpaired) electrons. The summed E-state index contributed by atoms with van der Waals surface area (Å²) in [6.07, 6.45) is 3.68. The summed E-state index contributed by atoms with van der Waals surface area (Å²) < 4.78 is 7.46. The monoisotopic (exact) mass is 231 g/mol. The Kier molecular flexibility index (Phi) is 3.77. The molecule has 0 amide bonds. The van der Waals surface area contributed by atoms with Crippen LogP contribution in [0.1, 0.15) is 18.5 Å². The molecule has 1 heterocycles. The number of hydrogen-bond donors (Lipinski definition) is 1. The number of ether oxygens (including phenoxy) is 1. The molecule has 0 spiro atoms. The molecule has 0 aliphatic rings. The summed E-state index contributed by atoms with van der Waals surface area (Å²) in [4.78, 5) is 0. The molecule has 2 rings (SSSR count). The summed E-state index contributed by atoms with van der Waals surface area (Å²) in [5.74, 6) is 0.863. The van der Waals surface area contributed by atoms with Gasteiger partial charge in [0.1, 0.15) is 12.4 Å². The molecule has 1 unspecified atom stereocenters. The lowest BCUT2D eigenvalue weighted by Crippen LogP contribution is -2.08. The maximum absolute atomic E-state index is 5.78. The van der Waals surface area contributed by atoms with Crippen LogP contribution in [-0.4, -0.2) is 16.4 Å². The molecule has 0 saturated carbocycles. The molecule has 0 saturated heterocycles. The van der Waals surface area contributed by atoms with Crippen molar-refractivity contribution in [2.45, 2.75) is 19.5 Å². The minimum absolute atomic E-state index is 0.0631. The molecule has 0 fully saturated rings. The van der Waals surface area contributed by atoms with Crippen LogP contribution in [0, 0.1) is 0 Å². The molecule has 0 bridgehead atoms. The van der Waals surface area contributed by atoms with Crippen molar-refractivity contribution in [1.82, 2.24) is 9.78 Å². The fourth-order valence-corrected chi connectivity index (χ4v) is 1.56. The van der Waals surface area contributed by atoms with Crippen LogP contribution in [0.25, 0.3) is 0 Å². The van der Waals surface area contributed by atoms with Gasteiger partial charge in [-0.3, -0.25) is 4.68 Å². The van der Waals surface area contributed by atoms with Crippen molar-refractivity contribution in [2.24, 2.45) is 5.73 Å². The Morgan fingerprint density at radius 1 is 1.35 bits per heavy atom. The van der Waals surface area contributed by atoms with Gasteiger partial charge in [0.15, 0.2) is 0 Å². The highest BCUT2D eigenvalue weighted by Crippen LogP contribution is 2.15. The van der Waals surface area contributed by atoms with Gasteiger partial charge in [0, 0.05) is 18.4 Å². The third-order valence-corrected chi connectivity index (χ3v) is 2.55. The van der Waals surface area contributed by atoms with Gasteiger partial charge >= 0.3 is 0 Å². The van der Waals surface area contributed by atoms with Gasteiger partial charge in [-0.2, -0.15) is 5.10 Å². The van der Waals surface area contributed by atoms with Gasteiger partial charge in [-0.1, -0.05) is 12.1 Å². The summed E-state index contributed by atoms with van der Waals surface area (Å²) in [7, 11) is 0. The number of hydrogen-bond acceptors (Lipinski definition) is 3. The van der Waals surface area contributed by atoms with E-state index in [4.69, 9.17) is 10.5 Å². The molecule has 4 nitrogen and oxygen atoms in total. The van der Waals surface area contributed by atoms with E-state index in [0.29, 0.717) is 6.61 Å². The molecule has 0 aliphatic heterocycles. The van der Waals surface area contributed by atoms with E-state index in [1.54, 1.807) is 6.20 Å². The van der Waals surface area contributed by atoms with Crippen LogP contribution in [0.15, 0.2) is 42.7 Å². The van der Waals surface area contributed by atoms with Crippen molar-refractivity contribution in [3.05, 3.63) is 48.3 Å². The van der Waals surface area contributed by atoms with Gasteiger partial charge in [-0.05, 0) is 30.7 Å². The Morgan fingerprint density at radius 2 is 2.12 bits per heavy atom. The fourth-order valence-electron chi connectivity index (χ4n) is 1.56. The molecular weight excluding hydrogens is 214 g/mol. The Balaban J connectivity index is 1.83. The molecular formula is C13H17N3O. The van der Waals surface area contributed by atoms with Crippen molar-refractivity contribution < 1.29 is 4.74 Å². The van der Waals surface area contributed by atoms with Crippen molar-refractivity contribution >= 4 is 0 Å². The molecule has 1 aromatic carbocycles. The smallest absolute Gasteiger partial charge is 0.119 e. The first kappa shape index (κ1) is 11.7. The Morgan fingerprint density at radius 3 is 2.71 bits per heavy atom. The number of nitrogens with two attached hydrogens (primary N) is 1. The van der Waals surface area contributed by atoms with Gasteiger partial charge in [0.25, 0.3) is 0 Å². The van der Waals surface area contributed by atoms with Crippen molar-refractivity contribution in [2.75, 3.05) is 6.61 Å². The first-order valence-electron chi connectivity index (χ1n) is 5.71. The van der Waals surface area contributed by atoms with E-state index in [0.717, 1.165) is 17.9 Å². The molecule has 17 heavy (non-hydrogen) atoms. The minimum Gasteiger partial charge on any atom is -0.492 e. The zero-order valence-corrected chi connectivity index (χ0v) is 9.91. The van der Waals surface area contributed by atoms with E-state index < -0.39 is 0 Å². The zero-order valence-electron chi connectivity index (χ0n) is 9.91. The second-order valence-electron chi connectivity index (χ2n) is 3.98. The van der Waals surface area contributed by atoms with Crippen LogP contribution in [0.3, 0.4) is 0 Å². The SMILES string of the molecule is CC(N)c1ccc(OCCn2cccn2)cc1. The van der Waals surface area contributed by atoms with E-state index >= 15 is 0 Å². The lowest BCUT2D eigenvalue weighted by atomic mass is 10.1. The second kappa shape index (κ2) is 5.50. The van der Waals surface area contributed by atoms with Crippen LogP contribution in [-0.2, 0) is 6.54 Å². The Labute approximate surface area is 101 Å². The molecule has 2 aromatic rings. The zero-order chi connectivity index (χ0) is 12.1.